The van der Waals surface area contributed by atoms with Crippen molar-refractivity contribution in [1.29, 1.82) is 0 Å². The molecule has 0 N–H and O–H groups in total. The lowest BCUT2D eigenvalue weighted by molar-refractivity contribution is -0.142. The van der Waals surface area contributed by atoms with Crippen molar-refractivity contribution in [3.63, 3.8) is 0 Å². The number of hydrogen-bond donors (Lipinski definition) is 0. The average Bonchev–Trinajstić information content (AvgIpc) is 2.17. The maximum atomic E-state index is 10.5. The highest BCUT2D eigenvalue weighted by Crippen LogP contribution is 2.07. The van der Waals surface area contributed by atoms with E-state index in [-0.39, 0.29) is 5.97 Å². The van der Waals surface area contributed by atoms with Crippen LogP contribution in [0, 0.1) is 6.92 Å². The molecule has 0 aliphatic carbocycles. The van der Waals surface area contributed by atoms with Crippen LogP contribution in [0.4, 0.5) is 0 Å². The standard InChI is InChI=1S/C10H12O2.C3H8/c1-8-5-3-4-6-10(8)7-12-9(2)11;1-3-2/h3-6H,7H2,1-2H3;3H2,1-2H3. The van der Waals surface area contributed by atoms with Gasteiger partial charge in [-0.3, -0.25) is 4.79 Å². The lowest BCUT2D eigenvalue weighted by Crippen LogP contribution is -1.99. The third-order valence-electron chi connectivity index (χ3n) is 1.69. The predicted octanol–water partition coefficient (Wildman–Crippen LogP) is 3.47. The summed E-state index contributed by atoms with van der Waals surface area (Å²) in [5.74, 6) is -0.238. The topological polar surface area (TPSA) is 26.3 Å². The second-order valence-corrected chi connectivity index (χ2v) is 3.41. The highest BCUT2D eigenvalue weighted by atomic mass is 16.5. The van der Waals surface area contributed by atoms with Crippen molar-refractivity contribution in [2.24, 2.45) is 0 Å². The molecular weight excluding hydrogens is 188 g/mol. The minimum Gasteiger partial charge on any atom is -0.461 e. The van der Waals surface area contributed by atoms with Crippen molar-refractivity contribution >= 4 is 5.97 Å². The molecule has 0 aliphatic rings. The lowest BCUT2D eigenvalue weighted by atomic mass is 10.1. The maximum absolute atomic E-state index is 10.5. The first-order chi connectivity index (χ1) is 7.11. The lowest BCUT2D eigenvalue weighted by Gasteiger charge is -2.04. The van der Waals surface area contributed by atoms with Gasteiger partial charge in [0.2, 0.25) is 0 Å². The third kappa shape index (κ3) is 6.72. The van der Waals surface area contributed by atoms with Gasteiger partial charge < -0.3 is 4.74 Å². The van der Waals surface area contributed by atoms with Gasteiger partial charge >= 0.3 is 5.97 Å². The minimum absolute atomic E-state index is 0.238. The summed E-state index contributed by atoms with van der Waals surface area (Å²) in [5.41, 5.74) is 2.21. The van der Waals surface area contributed by atoms with E-state index in [0.717, 1.165) is 11.1 Å². The van der Waals surface area contributed by atoms with E-state index in [9.17, 15) is 4.79 Å². The number of aryl methyl sites for hydroxylation is 1. The Morgan fingerprint density at radius 2 is 1.80 bits per heavy atom. The molecule has 15 heavy (non-hydrogen) atoms. The fourth-order valence-electron chi connectivity index (χ4n) is 0.951. The smallest absolute Gasteiger partial charge is 0.302 e. The molecule has 1 aromatic rings. The highest BCUT2D eigenvalue weighted by Gasteiger charge is 1.98. The van der Waals surface area contributed by atoms with Gasteiger partial charge in [0.1, 0.15) is 6.61 Å². The Hall–Kier alpha value is -1.31. The highest BCUT2D eigenvalue weighted by molar-refractivity contribution is 5.65. The Labute approximate surface area is 92.3 Å². The Bertz CT molecular complexity index is 292. The Balaban J connectivity index is 0.000000583. The number of rotatable bonds is 2. The molecule has 84 valence electrons. The van der Waals surface area contributed by atoms with Gasteiger partial charge in [-0.25, -0.2) is 0 Å². The fraction of sp³-hybridized carbons (Fsp3) is 0.462. The molecule has 1 aromatic carbocycles. The number of ether oxygens (including phenoxy) is 1. The normalized spacial score (nSPS) is 8.80. The SMILES string of the molecule is CC(=O)OCc1ccccc1C.CCC. The average molecular weight is 208 g/mol. The monoisotopic (exact) mass is 208 g/mol. The molecule has 2 nitrogen and oxygen atoms in total. The molecule has 1 rings (SSSR count). The molecule has 0 atom stereocenters. The number of hydrogen-bond acceptors (Lipinski definition) is 2. The van der Waals surface area contributed by atoms with Crippen LogP contribution in [-0.2, 0) is 16.1 Å². The van der Waals surface area contributed by atoms with E-state index in [1.807, 2.05) is 31.2 Å². The van der Waals surface area contributed by atoms with Gasteiger partial charge in [0.15, 0.2) is 0 Å². The summed E-state index contributed by atoms with van der Waals surface area (Å²) in [6.45, 7) is 8.04. The quantitative estimate of drug-likeness (QED) is 0.695. The molecule has 0 bridgehead atoms. The first-order valence-corrected chi connectivity index (χ1v) is 5.29. The zero-order chi connectivity index (χ0) is 11.7. The van der Waals surface area contributed by atoms with E-state index in [4.69, 9.17) is 4.74 Å². The number of esters is 1. The van der Waals surface area contributed by atoms with Crippen LogP contribution < -0.4 is 0 Å². The van der Waals surface area contributed by atoms with Gasteiger partial charge in [-0.1, -0.05) is 44.5 Å². The van der Waals surface area contributed by atoms with E-state index in [0.29, 0.717) is 6.61 Å². The summed E-state index contributed by atoms with van der Waals surface area (Å²) in [6.07, 6.45) is 1.25. The van der Waals surface area contributed by atoms with E-state index >= 15 is 0 Å². The van der Waals surface area contributed by atoms with E-state index in [2.05, 4.69) is 13.8 Å². The zero-order valence-corrected chi connectivity index (χ0v) is 10.0. The number of carbonyl (C=O) groups excluding carboxylic acids is 1. The number of carbonyl (C=O) groups is 1. The molecule has 0 aromatic heterocycles. The molecule has 0 heterocycles. The molecule has 0 saturated heterocycles. The molecule has 0 aliphatic heterocycles. The van der Waals surface area contributed by atoms with Crippen molar-refractivity contribution in [2.75, 3.05) is 0 Å². The first kappa shape index (κ1) is 13.7. The molecular formula is C13H20O2. The van der Waals surface area contributed by atoms with Gasteiger partial charge in [-0.2, -0.15) is 0 Å². The van der Waals surface area contributed by atoms with Crippen molar-refractivity contribution in [1.82, 2.24) is 0 Å². The Kier molecular flexibility index (Phi) is 7.33. The molecule has 0 saturated carbocycles. The Morgan fingerprint density at radius 1 is 1.27 bits per heavy atom. The van der Waals surface area contributed by atoms with E-state index in [1.54, 1.807) is 0 Å². The van der Waals surface area contributed by atoms with Gasteiger partial charge in [-0.05, 0) is 18.1 Å². The van der Waals surface area contributed by atoms with Crippen molar-refractivity contribution in [3.8, 4) is 0 Å². The van der Waals surface area contributed by atoms with Crippen molar-refractivity contribution < 1.29 is 9.53 Å². The second kappa shape index (κ2) is 8.04. The molecule has 0 radical (unpaired) electrons. The maximum Gasteiger partial charge on any atom is 0.302 e. The van der Waals surface area contributed by atoms with Crippen LogP contribution in [0.15, 0.2) is 24.3 Å². The molecule has 2 heteroatoms. The molecule has 0 fully saturated rings. The van der Waals surface area contributed by atoms with Crippen LogP contribution in [0.25, 0.3) is 0 Å². The van der Waals surface area contributed by atoms with Crippen LogP contribution in [0.1, 0.15) is 38.3 Å². The summed E-state index contributed by atoms with van der Waals surface area (Å²) in [6, 6.07) is 7.86. The zero-order valence-electron chi connectivity index (χ0n) is 10.0. The Morgan fingerprint density at radius 3 is 2.27 bits per heavy atom. The first-order valence-electron chi connectivity index (χ1n) is 5.29. The van der Waals surface area contributed by atoms with Crippen LogP contribution in [0.3, 0.4) is 0 Å². The van der Waals surface area contributed by atoms with Crippen LogP contribution in [0.5, 0.6) is 0 Å². The van der Waals surface area contributed by atoms with Gasteiger partial charge in [-0.15, -0.1) is 0 Å². The van der Waals surface area contributed by atoms with E-state index in [1.165, 1.54) is 13.3 Å². The summed E-state index contributed by atoms with van der Waals surface area (Å²) >= 11 is 0. The van der Waals surface area contributed by atoms with Crippen LogP contribution in [-0.4, -0.2) is 5.97 Å². The molecule has 0 spiro atoms. The predicted molar refractivity (Wildman–Crippen MR) is 62.6 cm³/mol. The minimum atomic E-state index is -0.238. The van der Waals surface area contributed by atoms with Crippen molar-refractivity contribution in [3.05, 3.63) is 35.4 Å². The van der Waals surface area contributed by atoms with Gasteiger partial charge in [0.25, 0.3) is 0 Å². The van der Waals surface area contributed by atoms with Crippen LogP contribution in [0.2, 0.25) is 0 Å². The second-order valence-electron chi connectivity index (χ2n) is 3.41. The van der Waals surface area contributed by atoms with Crippen molar-refractivity contribution in [2.45, 2.75) is 40.7 Å². The summed E-state index contributed by atoms with van der Waals surface area (Å²) in [7, 11) is 0. The van der Waals surface area contributed by atoms with Gasteiger partial charge in [0.05, 0.1) is 0 Å². The fourth-order valence-corrected chi connectivity index (χ4v) is 0.951. The number of benzene rings is 1. The summed E-state index contributed by atoms with van der Waals surface area (Å²) in [5, 5.41) is 0. The third-order valence-corrected chi connectivity index (χ3v) is 1.69. The summed E-state index contributed by atoms with van der Waals surface area (Å²) in [4.78, 5) is 10.5. The van der Waals surface area contributed by atoms with Gasteiger partial charge in [0, 0.05) is 6.92 Å². The molecule has 0 unspecified atom stereocenters. The largest absolute Gasteiger partial charge is 0.461 e. The van der Waals surface area contributed by atoms with E-state index < -0.39 is 0 Å². The molecule has 0 amide bonds. The van der Waals surface area contributed by atoms with Crippen LogP contribution >= 0.6 is 0 Å². The summed E-state index contributed by atoms with van der Waals surface area (Å²) < 4.78 is 4.87.